The Kier molecular flexibility index (Phi) is 5.44. The van der Waals surface area contributed by atoms with Crippen molar-refractivity contribution in [1.29, 1.82) is 0 Å². The van der Waals surface area contributed by atoms with Crippen molar-refractivity contribution in [3.8, 4) is 0 Å². The molecule has 1 aromatic carbocycles. The minimum Gasteiger partial charge on any atom is -0.326 e. The molecular formula is C16H26ClN3. The van der Waals surface area contributed by atoms with Crippen molar-refractivity contribution in [1.82, 2.24) is 9.80 Å². The summed E-state index contributed by atoms with van der Waals surface area (Å²) in [6.07, 6.45) is 1.19. The monoisotopic (exact) mass is 295 g/mol. The fourth-order valence-electron chi connectivity index (χ4n) is 3.26. The van der Waals surface area contributed by atoms with Crippen LogP contribution in [-0.4, -0.2) is 48.6 Å². The quantitative estimate of drug-likeness (QED) is 0.931. The maximum Gasteiger partial charge on any atom is 0.0499 e. The van der Waals surface area contributed by atoms with Gasteiger partial charge in [-0.3, -0.25) is 4.90 Å². The summed E-state index contributed by atoms with van der Waals surface area (Å²) in [6, 6.07) is 9.00. The molecule has 3 unspecified atom stereocenters. The zero-order valence-electron chi connectivity index (χ0n) is 12.7. The molecule has 0 saturated carbocycles. The molecule has 20 heavy (non-hydrogen) atoms. The van der Waals surface area contributed by atoms with Crippen molar-refractivity contribution in [2.24, 2.45) is 5.73 Å². The first kappa shape index (κ1) is 15.8. The van der Waals surface area contributed by atoms with Crippen LogP contribution in [0.1, 0.15) is 31.9 Å². The van der Waals surface area contributed by atoms with E-state index in [-0.39, 0.29) is 12.1 Å². The Morgan fingerprint density at radius 2 is 1.90 bits per heavy atom. The lowest BCUT2D eigenvalue weighted by molar-refractivity contribution is 0.127. The van der Waals surface area contributed by atoms with E-state index in [2.05, 4.69) is 42.8 Å². The van der Waals surface area contributed by atoms with Gasteiger partial charge in [-0.15, -0.1) is 0 Å². The highest BCUT2D eigenvalue weighted by Gasteiger charge is 2.29. The molecule has 3 atom stereocenters. The molecule has 3 nitrogen and oxygen atoms in total. The number of rotatable bonds is 3. The van der Waals surface area contributed by atoms with E-state index < -0.39 is 0 Å². The maximum absolute atomic E-state index is 6.30. The van der Waals surface area contributed by atoms with Crippen molar-refractivity contribution < 1.29 is 0 Å². The Bertz CT molecular complexity index is 418. The molecule has 0 aliphatic carbocycles. The Morgan fingerprint density at radius 3 is 2.50 bits per heavy atom. The van der Waals surface area contributed by atoms with E-state index in [1.54, 1.807) is 0 Å². The van der Waals surface area contributed by atoms with Crippen molar-refractivity contribution >= 4 is 11.6 Å². The van der Waals surface area contributed by atoms with Crippen LogP contribution in [0, 0.1) is 0 Å². The Morgan fingerprint density at radius 1 is 1.25 bits per heavy atom. The fraction of sp³-hybridized carbons (Fsp3) is 0.625. The molecule has 1 aliphatic rings. The van der Waals surface area contributed by atoms with Crippen LogP contribution in [0.25, 0.3) is 0 Å². The summed E-state index contributed by atoms with van der Waals surface area (Å²) in [6.45, 7) is 7.75. The van der Waals surface area contributed by atoms with Crippen LogP contribution in [0.15, 0.2) is 24.3 Å². The lowest BCUT2D eigenvalue weighted by Gasteiger charge is -2.38. The van der Waals surface area contributed by atoms with Crippen LogP contribution >= 0.6 is 11.6 Å². The molecule has 0 amide bonds. The Balaban J connectivity index is 2.25. The number of likely N-dealkylation sites (N-methyl/N-ethyl adjacent to an activating group) is 1. The largest absolute Gasteiger partial charge is 0.326 e. The predicted octanol–water partition coefficient (Wildman–Crippen LogP) is 2.75. The van der Waals surface area contributed by atoms with Gasteiger partial charge in [0.05, 0.1) is 0 Å². The van der Waals surface area contributed by atoms with Crippen LogP contribution in [0.4, 0.5) is 0 Å². The average Bonchev–Trinajstić information content (AvgIpc) is 2.54. The van der Waals surface area contributed by atoms with Gasteiger partial charge in [-0.1, -0.05) is 23.7 Å². The summed E-state index contributed by atoms with van der Waals surface area (Å²) in [7, 11) is 2.20. The lowest BCUT2D eigenvalue weighted by atomic mass is 9.97. The van der Waals surface area contributed by atoms with Gasteiger partial charge in [0, 0.05) is 36.2 Å². The predicted molar refractivity (Wildman–Crippen MR) is 86.1 cm³/mol. The van der Waals surface area contributed by atoms with Crippen molar-refractivity contribution in [3.05, 3.63) is 34.9 Å². The topological polar surface area (TPSA) is 32.5 Å². The molecule has 4 heteroatoms. The minimum absolute atomic E-state index is 0.0991. The summed E-state index contributed by atoms with van der Waals surface area (Å²) in [4.78, 5) is 4.96. The van der Waals surface area contributed by atoms with E-state index in [4.69, 9.17) is 17.3 Å². The van der Waals surface area contributed by atoms with Crippen LogP contribution in [0.3, 0.4) is 0 Å². The zero-order valence-corrected chi connectivity index (χ0v) is 13.5. The highest BCUT2D eigenvalue weighted by molar-refractivity contribution is 6.30. The van der Waals surface area contributed by atoms with Gasteiger partial charge in [0.25, 0.3) is 0 Å². The second-order valence-electron chi connectivity index (χ2n) is 6.06. The number of halogens is 1. The molecule has 1 heterocycles. The molecule has 1 fully saturated rings. The Hall–Kier alpha value is -0.610. The second-order valence-corrected chi connectivity index (χ2v) is 6.49. The SMILES string of the molecule is CC(N)C(c1ccc(Cl)cc1)N1CCCN(C)CC1C. The summed E-state index contributed by atoms with van der Waals surface area (Å²) in [5.41, 5.74) is 7.56. The summed E-state index contributed by atoms with van der Waals surface area (Å²) in [5, 5.41) is 0.779. The van der Waals surface area contributed by atoms with Gasteiger partial charge in [0.15, 0.2) is 0 Å². The first-order valence-corrected chi connectivity index (χ1v) is 7.82. The van der Waals surface area contributed by atoms with Crippen LogP contribution in [0.5, 0.6) is 0 Å². The first-order valence-electron chi connectivity index (χ1n) is 7.44. The van der Waals surface area contributed by atoms with E-state index in [0.717, 1.165) is 24.7 Å². The number of hydrogen-bond donors (Lipinski definition) is 1. The van der Waals surface area contributed by atoms with Gasteiger partial charge in [-0.05, 0) is 51.6 Å². The molecule has 1 aromatic rings. The van der Waals surface area contributed by atoms with Gasteiger partial charge < -0.3 is 10.6 Å². The number of hydrogen-bond acceptors (Lipinski definition) is 3. The van der Waals surface area contributed by atoms with Crippen LogP contribution in [-0.2, 0) is 0 Å². The van der Waals surface area contributed by atoms with Crippen LogP contribution in [0.2, 0.25) is 5.02 Å². The van der Waals surface area contributed by atoms with Gasteiger partial charge in [-0.25, -0.2) is 0 Å². The highest BCUT2D eigenvalue weighted by atomic mass is 35.5. The molecule has 0 spiro atoms. The standard InChI is InChI=1S/C16H26ClN3/c1-12-11-19(3)9-4-10-20(12)16(13(2)18)14-5-7-15(17)8-6-14/h5-8,12-13,16H,4,9-11,18H2,1-3H3. The van der Waals surface area contributed by atoms with Gasteiger partial charge in [-0.2, -0.15) is 0 Å². The first-order chi connectivity index (χ1) is 9.49. The molecule has 0 bridgehead atoms. The zero-order chi connectivity index (χ0) is 14.7. The smallest absolute Gasteiger partial charge is 0.0499 e. The van der Waals surface area contributed by atoms with E-state index in [1.165, 1.54) is 12.0 Å². The molecule has 1 aliphatic heterocycles. The lowest BCUT2D eigenvalue weighted by Crippen LogP contribution is -2.46. The van der Waals surface area contributed by atoms with E-state index in [0.29, 0.717) is 6.04 Å². The minimum atomic E-state index is 0.0991. The highest BCUT2D eigenvalue weighted by Crippen LogP contribution is 2.28. The number of nitrogens with zero attached hydrogens (tertiary/aromatic N) is 2. The third-order valence-electron chi connectivity index (χ3n) is 4.17. The summed E-state index contributed by atoms with van der Waals surface area (Å²) >= 11 is 6.00. The third kappa shape index (κ3) is 3.73. The van der Waals surface area contributed by atoms with Crippen molar-refractivity contribution in [2.45, 2.75) is 38.4 Å². The summed E-state index contributed by atoms with van der Waals surface area (Å²) < 4.78 is 0. The van der Waals surface area contributed by atoms with Crippen molar-refractivity contribution in [2.75, 3.05) is 26.7 Å². The van der Waals surface area contributed by atoms with E-state index in [9.17, 15) is 0 Å². The molecule has 1 saturated heterocycles. The molecular weight excluding hydrogens is 270 g/mol. The Labute approximate surface area is 127 Å². The average molecular weight is 296 g/mol. The van der Waals surface area contributed by atoms with Gasteiger partial charge >= 0.3 is 0 Å². The molecule has 2 N–H and O–H groups in total. The maximum atomic E-state index is 6.30. The van der Waals surface area contributed by atoms with Gasteiger partial charge in [0.1, 0.15) is 0 Å². The number of nitrogens with two attached hydrogens (primary N) is 1. The normalized spacial score (nSPS) is 25.1. The van der Waals surface area contributed by atoms with E-state index >= 15 is 0 Å². The second kappa shape index (κ2) is 6.90. The van der Waals surface area contributed by atoms with E-state index in [1.807, 2.05) is 12.1 Å². The van der Waals surface area contributed by atoms with Crippen LogP contribution < -0.4 is 5.73 Å². The molecule has 112 valence electrons. The fourth-order valence-corrected chi connectivity index (χ4v) is 3.39. The van der Waals surface area contributed by atoms with Gasteiger partial charge in [0.2, 0.25) is 0 Å². The molecule has 0 aromatic heterocycles. The van der Waals surface area contributed by atoms with Crippen molar-refractivity contribution in [3.63, 3.8) is 0 Å². The molecule has 2 rings (SSSR count). The summed E-state index contributed by atoms with van der Waals surface area (Å²) in [5.74, 6) is 0. The molecule has 0 radical (unpaired) electrons. The third-order valence-corrected chi connectivity index (χ3v) is 4.42. The number of benzene rings is 1.